The van der Waals surface area contributed by atoms with Gasteiger partial charge in [0.15, 0.2) is 10.8 Å². The van der Waals surface area contributed by atoms with Crippen LogP contribution in [0.25, 0.3) is 0 Å². The average Bonchev–Trinajstić information content (AvgIpc) is 2.90. The molecule has 0 atom stereocenters. The van der Waals surface area contributed by atoms with Crippen molar-refractivity contribution in [2.75, 3.05) is 5.73 Å². The van der Waals surface area contributed by atoms with E-state index >= 15 is 0 Å². The SMILES string of the molecule is CCc1nn(C)cc1CNS(=O)(=O)c1c(N)ncn1C. The van der Waals surface area contributed by atoms with Crippen LogP contribution in [0.2, 0.25) is 0 Å². The highest BCUT2D eigenvalue weighted by atomic mass is 32.2. The number of rotatable bonds is 5. The molecule has 0 bridgehead atoms. The van der Waals surface area contributed by atoms with Crippen LogP contribution in [-0.4, -0.2) is 27.7 Å². The van der Waals surface area contributed by atoms with Crippen molar-refractivity contribution >= 4 is 15.8 Å². The maximum atomic E-state index is 12.2. The Hall–Kier alpha value is -1.87. The van der Waals surface area contributed by atoms with Crippen LogP contribution in [-0.2, 0) is 37.1 Å². The van der Waals surface area contributed by atoms with Gasteiger partial charge in [-0.25, -0.2) is 18.1 Å². The second kappa shape index (κ2) is 5.25. The maximum Gasteiger partial charge on any atom is 0.260 e. The Kier molecular flexibility index (Phi) is 3.82. The maximum absolute atomic E-state index is 12.2. The summed E-state index contributed by atoms with van der Waals surface area (Å²) in [6, 6.07) is 0. The number of nitrogens with one attached hydrogen (secondary N) is 1. The number of aromatic nitrogens is 4. The number of hydrogen-bond donors (Lipinski definition) is 2. The van der Waals surface area contributed by atoms with Crippen LogP contribution in [0.4, 0.5) is 5.82 Å². The Bertz CT molecular complexity index is 696. The van der Waals surface area contributed by atoms with Crippen LogP contribution in [0.3, 0.4) is 0 Å². The molecule has 2 rings (SSSR count). The fourth-order valence-corrected chi connectivity index (χ4v) is 3.27. The second-order valence-electron chi connectivity index (χ2n) is 4.50. The van der Waals surface area contributed by atoms with Crippen LogP contribution in [0.15, 0.2) is 17.6 Å². The number of hydrogen-bond acceptors (Lipinski definition) is 5. The highest BCUT2D eigenvalue weighted by Gasteiger charge is 2.22. The van der Waals surface area contributed by atoms with Gasteiger partial charge in [0.25, 0.3) is 10.0 Å². The fraction of sp³-hybridized carbons (Fsp3) is 0.455. The van der Waals surface area contributed by atoms with Gasteiger partial charge in [-0.1, -0.05) is 6.92 Å². The van der Waals surface area contributed by atoms with E-state index in [4.69, 9.17) is 5.73 Å². The zero-order valence-corrected chi connectivity index (χ0v) is 12.5. The van der Waals surface area contributed by atoms with Gasteiger partial charge in [0.1, 0.15) is 0 Å². The van der Waals surface area contributed by atoms with Crippen LogP contribution >= 0.6 is 0 Å². The van der Waals surface area contributed by atoms with Gasteiger partial charge in [-0.05, 0) is 6.42 Å². The van der Waals surface area contributed by atoms with Crippen LogP contribution in [0.1, 0.15) is 18.2 Å². The molecule has 3 N–H and O–H groups in total. The van der Waals surface area contributed by atoms with Crippen LogP contribution in [0, 0.1) is 0 Å². The average molecular weight is 298 g/mol. The lowest BCUT2D eigenvalue weighted by Gasteiger charge is -2.07. The number of nitrogens with two attached hydrogens (primary N) is 1. The first-order chi connectivity index (χ1) is 9.35. The normalized spacial score (nSPS) is 11.9. The predicted molar refractivity (Wildman–Crippen MR) is 74.2 cm³/mol. The molecule has 0 aromatic carbocycles. The number of anilines is 1. The van der Waals surface area contributed by atoms with E-state index in [0.717, 1.165) is 17.7 Å². The van der Waals surface area contributed by atoms with Crippen molar-refractivity contribution in [2.24, 2.45) is 14.1 Å². The molecular weight excluding hydrogens is 280 g/mol. The number of aryl methyl sites for hydroxylation is 3. The summed E-state index contributed by atoms with van der Waals surface area (Å²) < 4.78 is 30.0. The minimum Gasteiger partial charge on any atom is -0.381 e. The Labute approximate surface area is 117 Å². The smallest absolute Gasteiger partial charge is 0.260 e. The summed E-state index contributed by atoms with van der Waals surface area (Å²) in [4.78, 5) is 3.78. The first-order valence-electron chi connectivity index (χ1n) is 6.13. The van der Waals surface area contributed by atoms with Gasteiger partial charge < -0.3 is 10.3 Å². The first kappa shape index (κ1) is 14.5. The van der Waals surface area contributed by atoms with Crippen molar-refractivity contribution in [3.8, 4) is 0 Å². The number of nitrogens with zero attached hydrogens (tertiary/aromatic N) is 4. The summed E-state index contributed by atoms with van der Waals surface area (Å²) >= 11 is 0. The highest BCUT2D eigenvalue weighted by Crippen LogP contribution is 2.16. The lowest BCUT2D eigenvalue weighted by atomic mass is 10.2. The summed E-state index contributed by atoms with van der Waals surface area (Å²) in [6.45, 7) is 2.14. The molecule has 9 heteroatoms. The number of nitrogen functional groups attached to an aromatic ring is 1. The molecule has 0 spiro atoms. The second-order valence-corrected chi connectivity index (χ2v) is 6.18. The molecule has 0 aliphatic heterocycles. The molecule has 2 aromatic rings. The molecule has 110 valence electrons. The van der Waals surface area contributed by atoms with E-state index < -0.39 is 10.0 Å². The van der Waals surface area contributed by atoms with Gasteiger partial charge in [-0.15, -0.1) is 0 Å². The zero-order chi connectivity index (χ0) is 14.9. The third-order valence-electron chi connectivity index (χ3n) is 2.94. The monoisotopic (exact) mass is 298 g/mol. The van der Waals surface area contributed by atoms with Gasteiger partial charge in [-0.2, -0.15) is 5.10 Å². The Morgan fingerprint density at radius 1 is 1.40 bits per heavy atom. The van der Waals surface area contributed by atoms with Crippen molar-refractivity contribution in [3.63, 3.8) is 0 Å². The Balaban J connectivity index is 2.22. The lowest BCUT2D eigenvalue weighted by Crippen LogP contribution is -2.26. The molecule has 0 radical (unpaired) electrons. The fourth-order valence-electron chi connectivity index (χ4n) is 2.03. The van der Waals surface area contributed by atoms with Gasteiger partial charge in [0, 0.05) is 32.4 Å². The van der Waals surface area contributed by atoms with E-state index in [2.05, 4.69) is 14.8 Å². The Morgan fingerprint density at radius 3 is 2.65 bits per heavy atom. The largest absolute Gasteiger partial charge is 0.381 e. The summed E-state index contributed by atoms with van der Waals surface area (Å²) in [5, 5.41) is 4.24. The molecule has 0 saturated heterocycles. The minimum atomic E-state index is -3.70. The van der Waals surface area contributed by atoms with Crippen molar-refractivity contribution in [1.29, 1.82) is 0 Å². The standard InChI is InChI=1S/C11H18N6O2S/c1-4-9-8(6-17(3)15-9)5-14-20(18,19)11-10(12)13-7-16(11)2/h6-7,14H,4-5,12H2,1-3H3. The van der Waals surface area contributed by atoms with Crippen molar-refractivity contribution in [1.82, 2.24) is 24.1 Å². The zero-order valence-electron chi connectivity index (χ0n) is 11.7. The first-order valence-corrected chi connectivity index (χ1v) is 7.61. The Morgan fingerprint density at radius 2 is 2.10 bits per heavy atom. The van der Waals surface area contributed by atoms with E-state index in [-0.39, 0.29) is 17.4 Å². The topological polar surface area (TPSA) is 108 Å². The van der Waals surface area contributed by atoms with E-state index in [1.54, 1.807) is 25.0 Å². The molecule has 2 aromatic heterocycles. The summed E-state index contributed by atoms with van der Waals surface area (Å²) in [7, 11) is -0.319. The molecular formula is C11H18N6O2S. The van der Waals surface area contributed by atoms with E-state index in [9.17, 15) is 8.42 Å². The van der Waals surface area contributed by atoms with Crippen molar-refractivity contribution in [2.45, 2.75) is 24.9 Å². The van der Waals surface area contributed by atoms with Crippen molar-refractivity contribution < 1.29 is 8.42 Å². The molecule has 0 aliphatic rings. The third-order valence-corrected chi connectivity index (χ3v) is 4.47. The van der Waals surface area contributed by atoms with E-state index in [1.807, 2.05) is 6.92 Å². The molecule has 0 amide bonds. The number of sulfonamides is 1. The lowest BCUT2D eigenvalue weighted by molar-refractivity contribution is 0.571. The van der Waals surface area contributed by atoms with E-state index in [0.29, 0.717) is 0 Å². The van der Waals surface area contributed by atoms with Gasteiger partial charge in [0.05, 0.1) is 12.0 Å². The van der Waals surface area contributed by atoms with Gasteiger partial charge in [-0.3, -0.25) is 4.68 Å². The molecule has 0 fully saturated rings. The summed E-state index contributed by atoms with van der Waals surface area (Å²) in [6.07, 6.45) is 3.91. The van der Waals surface area contributed by atoms with Crippen LogP contribution in [0.5, 0.6) is 0 Å². The van der Waals surface area contributed by atoms with E-state index in [1.165, 1.54) is 10.9 Å². The van der Waals surface area contributed by atoms with Gasteiger partial charge in [0.2, 0.25) is 0 Å². The quantitative estimate of drug-likeness (QED) is 0.793. The minimum absolute atomic E-state index is 0.0121. The molecule has 0 unspecified atom stereocenters. The van der Waals surface area contributed by atoms with Gasteiger partial charge >= 0.3 is 0 Å². The summed E-state index contributed by atoms with van der Waals surface area (Å²) in [5.74, 6) is -0.0121. The third kappa shape index (κ3) is 2.68. The molecule has 8 nitrogen and oxygen atoms in total. The van der Waals surface area contributed by atoms with Crippen LogP contribution < -0.4 is 10.5 Å². The molecule has 0 saturated carbocycles. The molecule has 2 heterocycles. The predicted octanol–water partition coefficient (Wildman–Crippen LogP) is -0.223. The molecule has 0 aliphatic carbocycles. The number of imidazole rings is 1. The van der Waals surface area contributed by atoms with Crippen molar-refractivity contribution in [3.05, 3.63) is 23.8 Å². The molecule has 20 heavy (non-hydrogen) atoms. The summed E-state index contributed by atoms with van der Waals surface area (Å²) in [5.41, 5.74) is 7.30. The highest BCUT2D eigenvalue weighted by molar-refractivity contribution is 7.89.